The lowest BCUT2D eigenvalue weighted by Gasteiger charge is -2.07. The summed E-state index contributed by atoms with van der Waals surface area (Å²) in [5.41, 5.74) is 2.05. The fourth-order valence-corrected chi connectivity index (χ4v) is 1.76. The van der Waals surface area contributed by atoms with Crippen molar-refractivity contribution in [3.63, 3.8) is 0 Å². The first-order valence-corrected chi connectivity index (χ1v) is 5.87. The summed E-state index contributed by atoms with van der Waals surface area (Å²) >= 11 is 0. The molecule has 0 heterocycles. The number of aromatic hydroxyl groups is 1. The zero-order valence-electron chi connectivity index (χ0n) is 10.6. The number of methoxy groups -OCH3 is 1. The standard InChI is InChI=1S/C15H15NO3/c1-19-10-11-4-2-5-12(8-11)15(18)16-13-6-3-7-14(17)9-13/h2-9,17H,10H2,1H3,(H,16,18). The molecule has 4 nitrogen and oxygen atoms in total. The first-order chi connectivity index (χ1) is 9.19. The Morgan fingerprint density at radius 1 is 1.21 bits per heavy atom. The second kappa shape index (κ2) is 6.02. The molecule has 19 heavy (non-hydrogen) atoms. The Balaban J connectivity index is 2.13. The van der Waals surface area contributed by atoms with Crippen LogP contribution in [0.1, 0.15) is 15.9 Å². The summed E-state index contributed by atoms with van der Waals surface area (Å²) in [6, 6.07) is 13.7. The van der Waals surface area contributed by atoms with E-state index in [4.69, 9.17) is 4.74 Å². The van der Waals surface area contributed by atoms with Crippen molar-refractivity contribution in [2.45, 2.75) is 6.61 Å². The quantitative estimate of drug-likeness (QED) is 0.885. The van der Waals surface area contributed by atoms with Crippen LogP contribution in [-0.4, -0.2) is 18.1 Å². The van der Waals surface area contributed by atoms with Crippen molar-refractivity contribution >= 4 is 11.6 Å². The minimum atomic E-state index is -0.219. The van der Waals surface area contributed by atoms with Crippen LogP contribution >= 0.6 is 0 Å². The highest BCUT2D eigenvalue weighted by atomic mass is 16.5. The minimum Gasteiger partial charge on any atom is -0.508 e. The Morgan fingerprint density at radius 2 is 2.00 bits per heavy atom. The molecule has 1 amide bonds. The maximum absolute atomic E-state index is 12.0. The molecule has 0 aliphatic carbocycles. The number of nitrogens with one attached hydrogen (secondary N) is 1. The van der Waals surface area contributed by atoms with E-state index in [0.717, 1.165) is 5.56 Å². The number of carbonyl (C=O) groups is 1. The highest BCUT2D eigenvalue weighted by Crippen LogP contribution is 2.16. The van der Waals surface area contributed by atoms with Gasteiger partial charge in [-0.3, -0.25) is 4.79 Å². The van der Waals surface area contributed by atoms with Gasteiger partial charge in [-0.15, -0.1) is 0 Å². The summed E-state index contributed by atoms with van der Waals surface area (Å²) in [5.74, 6) is -0.102. The molecule has 0 unspecified atom stereocenters. The maximum Gasteiger partial charge on any atom is 0.255 e. The molecule has 0 atom stereocenters. The van der Waals surface area contributed by atoms with Gasteiger partial charge in [-0.2, -0.15) is 0 Å². The van der Waals surface area contributed by atoms with Crippen molar-refractivity contribution in [1.29, 1.82) is 0 Å². The third-order valence-corrected chi connectivity index (χ3v) is 2.60. The molecular weight excluding hydrogens is 242 g/mol. The molecule has 0 saturated heterocycles. The van der Waals surface area contributed by atoms with Gasteiger partial charge in [0.05, 0.1) is 6.61 Å². The monoisotopic (exact) mass is 257 g/mol. The molecule has 0 spiro atoms. The number of hydrogen-bond acceptors (Lipinski definition) is 3. The SMILES string of the molecule is COCc1cccc(C(=O)Nc2cccc(O)c2)c1. The van der Waals surface area contributed by atoms with E-state index in [-0.39, 0.29) is 11.7 Å². The van der Waals surface area contributed by atoms with Crippen LogP contribution < -0.4 is 5.32 Å². The second-order valence-electron chi connectivity index (χ2n) is 4.14. The summed E-state index contributed by atoms with van der Waals surface area (Å²) in [4.78, 5) is 12.0. The van der Waals surface area contributed by atoms with Crippen LogP contribution in [0.3, 0.4) is 0 Å². The van der Waals surface area contributed by atoms with Gasteiger partial charge in [0.25, 0.3) is 5.91 Å². The third-order valence-electron chi connectivity index (χ3n) is 2.60. The van der Waals surface area contributed by atoms with Gasteiger partial charge in [0.1, 0.15) is 5.75 Å². The first-order valence-electron chi connectivity index (χ1n) is 5.87. The normalized spacial score (nSPS) is 10.2. The van der Waals surface area contributed by atoms with Crippen LogP contribution in [-0.2, 0) is 11.3 Å². The lowest BCUT2D eigenvalue weighted by Crippen LogP contribution is -2.12. The summed E-state index contributed by atoms with van der Waals surface area (Å²) in [5, 5.41) is 12.1. The van der Waals surface area contributed by atoms with Gasteiger partial charge in [0, 0.05) is 24.4 Å². The predicted molar refractivity (Wildman–Crippen MR) is 73.2 cm³/mol. The zero-order valence-corrected chi connectivity index (χ0v) is 10.6. The van der Waals surface area contributed by atoms with Crippen LogP contribution in [0.25, 0.3) is 0 Å². The number of rotatable bonds is 4. The zero-order chi connectivity index (χ0) is 13.7. The molecule has 4 heteroatoms. The fourth-order valence-electron chi connectivity index (χ4n) is 1.76. The summed E-state index contributed by atoms with van der Waals surface area (Å²) in [6.45, 7) is 0.466. The number of ether oxygens (including phenoxy) is 1. The smallest absolute Gasteiger partial charge is 0.255 e. The van der Waals surface area contributed by atoms with E-state index < -0.39 is 0 Å². The second-order valence-corrected chi connectivity index (χ2v) is 4.14. The van der Waals surface area contributed by atoms with Crippen molar-refractivity contribution in [1.82, 2.24) is 0 Å². The Morgan fingerprint density at radius 3 is 2.74 bits per heavy atom. The molecule has 2 N–H and O–H groups in total. The van der Waals surface area contributed by atoms with Crippen molar-refractivity contribution < 1.29 is 14.6 Å². The number of phenols is 1. The van der Waals surface area contributed by atoms with Crippen molar-refractivity contribution in [3.05, 3.63) is 59.7 Å². The van der Waals surface area contributed by atoms with Crippen LogP contribution in [0, 0.1) is 0 Å². The average Bonchev–Trinajstić information content (AvgIpc) is 2.39. The van der Waals surface area contributed by atoms with E-state index in [1.54, 1.807) is 37.4 Å². The Kier molecular flexibility index (Phi) is 4.15. The number of carbonyl (C=O) groups excluding carboxylic acids is 1. The van der Waals surface area contributed by atoms with Gasteiger partial charge < -0.3 is 15.2 Å². The maximum atomic E-state index is 12.0. The summed E-state index contributed by atoms with van der Waals surface area (Å²) in [6.07, 6.45) is 0. The Bertz CT molecular complexity index is 581. The van der Waals surface area contributed by atoms with E-state index >= 15 is 0 Å². The van der Waals surface area contributed by atoms with Crippen LogP contribution in [0.15, 0.2) is 48.5 Å². The van der Waals surface area contributed by atoms with Gasteiger partial charge in [-0.05, 0) is 29.8 Å². The van der Waals surface area contributed by atoms with E-state index in [2.05, 4.69) is 5.32 Å². The van der Waals surface area contributed by atoms with Gasteiger partial charge in [-0.25, -0.2) is 0 Å². The Hall–Kier alpha value is -2.33. The van der Waals surface area contributed by atoms with Gasteiger partial charge >= 0.3 is 0 Å². The van der Waals surface area contributed by atoms with E-state index in [9.17, 15) is 9.90 Å². The largest absolute Gasteiger partial charge is 0.508 e. The Labute approximate surface area is 111 Å². The van der Waals surface area contributed by atoms with Gasteiger partial charge in [-0.1, -0.05) is 18.2 Å². The molecule has 0 aliphatic rings. The number of amides is 1. The molecule has 2 rings (SSSR count). The average molecular weight is 257 g/mol. The predicted octanol–water partition coefficient (Wildman–Crippen LogP) is 2.79. The topological polar surface area (TPSA) is 58.6 Å². The van der Waals surface area contributed by atoms with Crippen LogP contribution in [0.5, 0.6) is 5.75 Å². The van der Waals surface area contributed by atoms with Gasteiger partial charge in [0.15, 0.2) is 0 Å². The van der Waals surface area contributed by atoms with Crippen molar-refractivity contribution in [2.24, 2.45) is 0 Å². The molecule has 0 radical (unpaired) electrons. The third kappa shape index (κ3) is 3.56. The van der Waals surface area contributed by atoms with E-state index in [1.165, 1.54) is 6.07 Å². The van der Waals surface area contributed by atoms with Crippen LogP contribution in [0.2, 0.25) is 0 Å². The van der Waals surface area contributed by atoms with Crippen molar-refractivity contribution in [2.75, 3.05) is 12.4 Å². The summed E-state index contributed by atoms with van der Waals surface area (Å²) < 4.78 is 5.03. The van der Waals surface area contributed by atoms with E-state index in [0.29, 0.717) is 17.9 Å². The first kappa shape index (κ1) is 13.1. The van der Waals surface area contributed by atoms with E-state index in [1.807, 2.05) is 12.1 Å². The van der Waals surface area contributed by atoms with Gasteiger partial charge in [0.2, 0.25) is 0 Å². The lowest BCUT2D eigenvalue weighted by molar-refractivity contribution is 0.102. The highest BCUT2D eigenvalue weighted by molar-refractivity contribution is 6.04. The molecule has 0 saturated carbocycles. The molecule has 0 aromatic heterocycles. The molecule has 98 valence electrons. The molecule has 2 aromatic rings. The number of benzene rings is 2. The molecule has 0 bridgehead atoms. The minimum absolute atomic E-state index is 0.117. The van der Waals surface area contributed by atoms with Crippen LogP contribution in [0.4, 0.5) is 5.69 Å². The molecule has 0 aliphatic heterocycles. The fraction of sp³-hybridized carbons (Fsp3) is 0.133. The van der Waals surface area contributed by atoms with Crippen molar-refractivity contribution in [3.8, 4) is 5.75 Å². The lowest BCUT2D eigenvalue weighted by atomic mass is 10.1. The highest BCUT2D eigenvalue weighted by Gasteiger charge is 2.07. The molecular formula is C15H15NO3. The molecule has 2 aromatic carbocycles. The molecule has 0 fully saturated rings. The number of anilines is 1. The summed E-state index contributed by atoms with van der Waals surface area (Å²) in [7, 11) is 1.61. The number of hydrogen-bond donors (Lipinski definition) is 2. The number of phenolic OH excluding ortho intramolecular Hbond substituents is 1.